The van der Waals surface area contributed by atoms with Crippen molar-refractivity contribution in [2.24, 2.45) is 0 Å². The van der Waals surface area contributed by atoms with Gasteiger partial charge in [-0.15, -0.1) is 0 Å². The zero-order chi connectivity index (χ0) is 12.9. The van der Waals surface area contributed by atoms with Crippen LogP contribution in [-0.2, 0) is 14.3 Å². The van der Waals surface area contributed by atoms with E-state index in [1.807, 2.05) is 0 Å². The molecule has 5 nitrogen and oxygen atoms in total. The third kappa shape index (κ3) is 6.86. The predicted molar refractivity (Wildman–Crippen MR) is 59.7 cm³/mol. The molecule has 0 aromatic heterocycles. The molecule has 0 rings (SSSR count). The van der Waals surface area contributed by atoms with E-state index >= 15 is 0 Å². The highest BCUT2D eigenvalue weighted by molar-refractivity contribution is 5.81. The molecule has 0 bridgehead atoms. The summed E-state index contributed by atoms with van der Waals surface area (Å²) >= 11 is 0. The largest absolute Gasteiger partial charge is 0.444 e. The Balaban J connectivity index is 4.14. The lowest BCUT2D eigenvalue weighted by atomic mass is 10.2. The van der Waals surface area contributed by atoms with E-state index in [2.05, 4.69) is 11.9 Å². The first-order chi connectivity index (χ1) is 7.11. The smallest absolute Gasteiger partial charge is 0.408 e. The van der Waals surface area contributed by atoms with E-state index in [-0.39, 0.29) is 5.76 Å². The summed E-state index contributed by atoms with van der Waals surface area (Å²) in [4.78, 5) is 22.6. The molecule has 1 atom stereocenters. The van der Waals surface area contributed by atoms with Crippen LogP contribution in [0.15, 0.2) is 12.3 Å². The van der Waals surface area contributed by atoms with Crippen LogP contribution in [0.4, 0.5) is 4.79 Å². The Kier molecular flexibility index (Phi) is 5.01. The number of esters is 1. The Morgan fingerprint density at radius 3 is 2.19 bits per heavy atom. The van der Waals surface area contributed by atoms with Gasteiger partial charge in [-0.05, 0) is 34.6 Å². The molecule has 0 fully saturated rings. The zero-order valence-corrected chi connectivity index (χ0v) is 10.4. The van der Waals surface area contributed by atoms with Crippen molar-refractivity contribution in [2.75, 3.05) is 0 Å². The Labute approximate surface area is 95.8 Å². The summed E-state index contributed by atoms with van der Waals surface area (Å²) in [5.74, 6) is -0.291. The third-order valence-electron chi connectivity index (χ3n) is 1.36. The number of hydrogen-bond donors (Lipinski definition) is 1. The normalized spacial score (nSPS) is 12.6. The van der Waals surface area contributed by atoms with Gasteiger partial charge in [0.25, 0.3) is 0 Å². The molecular weight excluding hydrogens is 210 g/mol. The highest BCUT2D eigenvalue weighted by Crippen LogP contribution is 2.07. The zero-order valence-electron chi connectivity index (χ0n) is 10.4. The molecule has 0 aliphatic heterocycles. The van der Waals surface area contributed by atoms with Crippen LogP contribution in [0.25, 0.3) is 0 Å². The minimum absolute atomic E-state index is 0.280. The van der Waals surface area contributed by atoms with E-state index in [0.717, 1.165) is 0 Å². The number of hydrogen-bond acceptors (Lipinski definition) is 4. The van der Waals surface area contributed by atoms with Gasteiger partial charge in [0.05, 0.1) is 5.76 Å². The number of nitrogens with one attached hydrogen (secondary N) is 1. The number of allylic oxidation sites excluding steroid dienone is 1. The lowest BCUT2D eigenvalue weighted by molar-refractivity contribution is -0.141. The minimum atomic E-state index is -0.772. The molecule has 0 aliphatic carbocycles. The molecular formula is C11H19NO4. The van der Waals surface area contributed by atoms with E-state index in [4.69, 9.17) is 9.47 Å². The maximum atomic E-state index is 11.3. The van der Waals surface area contributed by atoms with Gasteiger partial charge in [0.15, 0.2) is 0 Å². The summed E-state index contributed by atoms with van der Waals surface area (Å²) in [7, 11) is 0. The molecule has 1 amide bonds. The summed E-state index contributed by atoms with van der Waals surface area (Å²) in [5, 5.41) is 2.36. The fourth-order valence-electron chi connectivity index (χ4n) is 0.803. The van der Waals surface area contributed by atoms with Crippen LogP contribution in [0.5, 0.6) is 0 Å². The molecule has 0 radical (unpaired) electrons. The van der Waals surface area contributed by atoms with Gasteiger partial charge in [0, 0.05) is 0 Å². The fourth-order valence-corrected chi connectivity index (χ4v) is 0.803. The van der Waals surface area contributed by atoms with Crippen LogP contribution in [0.2, 0.25) is 0 Å². The van der Waals surface area contributed by atoms with Gasteiger partial charge in [0.1, 0.15) is 11.6 Å². The van der Waals surface area contributed by atoms with Gasteiger partial charge in [-0.25, -0.2) is 9.59 Å². The van der Waals surface area contributed by atoms with Crippen molar-refractivity contribution in [3.63, 3.8) is 0 Å². The van der Waals surface area contributed by atoms with Gasteiger partial charge in [-0.3, -0.25) is 0 Å². The summed E-state index contributed by atoms with van der Waals surface area (Å²) in [6, 6.07) is -0.772. The SMILES string of the molecule is C=C(C)OC(=O)C(C)NC(=O)OC(C)(C)C. The first-order valence-electron chi connectivity index (χ1n) is 4.98. The van der Waals surface area contributed by atoms with Crippen molar-refractivity contribution in [3.8, 4) is 0 Å². The quantitative estimate of drug-likeness (QED) is 0.593. The molecule has 0 saturated heterocycles. The molecule has 1 N–H and O–H groups in total. The second-order valence-corrected chi connectivity index (χ2v) is 4.49. The lowest BCUT2D eigenvalue weighted by Gasteiger charge is -2.21. The number of carbonyl (C=O) groups is 2. The molecule has 0 heterocycles. The van der Waals surface area contributed by atoms with Crippen LogP contribution in [0.1, 0.15) is 34.6 Å². The maximum Gasteiger partial charge on any atom is 0.408 e. The van der Waals surface area contributed by atoms with Crippen molar-refractivity contribution in [3.05, 3.63) is 12.3 Å². The number of amides is 1. The number of ether oxygens (including phenoxy) is 2. The molecule has 0 saturated carbocycles. The van der Waals surface area contributed by atoms with Crippen LogP contribution in [0, 0.1) is 0 Å². The molecule has 1 unspecified atom stereocenters. The number of alkyl carbamates (subject to hydrolysis) is 1. The summed E-state index contributed by atoms with van der Waals surface area (Å²) in [6.07, 6.45) is -0.654. The Bertz CT molecular complexity index is 291. The minimum Gasteiger partial charge on any atom is -0.444 e. The van der Waals surface area contributed by atoms with Crippen LogP contribution in [-0.4, -0.2) is 23.7 Å². The lowest BCUT2D eigenvalue weighted by Crippen LogP contribution is -2.42. The van der Waals surface area contributed by atoms with Gasteiger partial charge in [-0.1, -0.05) is 6.58 Å². The molecule has 0 aromatic carbocycles. The predicted octanol–water partition coefficient (Wildman–Crippen LogP) is 1.98. The van der Waals surface area contributed by atoms with E-state index in [1.54, 1.807) is 27.7 Å². The molecule has 0 spiro atoms. The van der Waals surface area contributed by atoms with E-state index < -0.39 is 23.7 Å². The van der Waals surface area contributed by atoms with Gasteiger partial charge in [0.2, 0.25) is 0 Å². The summed E-state index contributed by atoms with van der Waals surface area (Å²) in [6.45, 7) is 11.7. The first-order valence-corrected chi connectivity index (χ1v) is 4.98. The molecule has 5 heteroatoms. The highest BCUT2D eigenvalue weighted by Gasteiger charge is 2.21. The van der Waals surface area contributed by atoms with Gasteiger partial charge in [-0.2, -0.15) is 0 Å². The maximum absolute atomic E-state index is 11.3. The monoisotopic (exact) mass is 229 g/mol. The van der Waals surface area contributed by atoms with Crippen molar-refractivity contribution in [1.29, 1.82) is 0 Å². The van der Waals surface area contributed by atoms with Gasteiger partial charge < -0.3 is 14.8 Å². The number of rotatable bonds is 3. The average Bonchev–Trinajstić information content (AvgIpc) is 1.98. The third-order valence-corrected chi connectivity index (χ3v) is 1.36. The van der Waals surface area contributed by atoms with Crippen LogP contribution < -0.4 is 5.32 Å². The first kappa shape index (κ1) is 14.5. The van der Waals surface area contributed by atoms with Crippen LogP contribution in [0.3, 0.4) is 0 Å². The van der Waals surface area contributed by atoms with Crippen molar-refractivity contribution in [2.45, 2.75) is 46.3 Å². The Hall–Kier alpha value is -1.52. The van der Waals surface area contributed by atoms with E-state index in [0.29, 0.717) is 0 Å². The summed E-state index contributed by atoms with van der Waals surface area (Å²) < 4.78 is 9.72. The Morgan fingerprint density at radius 2 is 1.81 bits per heavy atom. The Morgan fingerprint density at radius 1 is 1.31 bits per heavy atom. The van der Waals surface area contributed by atoms with Gasteiger partial charge >= 0.3 is 12.1 Å². The van der Waals surface area contributed by atoms with Crippen molar-refractivity contribution >= 4 is 12.1 Å². The molecule has 92 valence electrons. The number of carbonyl (C=O) groups excluding carboxylic acids is 2. The topological polar surface area (TPSA) is 64.6 Å². The molecule has 0 aliphatic rings. The fraction of sp³-hybridized carbons (Fsp3) is 0.636. The molecule has 16 heavy (non-hydrogen) atoms. The molecule has 0 aromatic rings. The van der Waals surface area contributed by atoms with Crippen molar-refractivity contribution < 1.29 is 19.1 Å². The van der Waals surface area contributed by atoms with E-state index in [9.17, 15) is 9.59 Å². The average molecular weight is 229 g/mol. The second-order valence-electron chi connectivity index (χ2n) is 4.49. The highest BCUT2D eigenvalue weighted by atomic mass is 16.6. The second kappa shape index (κ2) is 5.53. The van der Waals surface area contributed by atoms with Crippen LogP contribution >= 0.6 is 0 Å². The van der Waals surface area contributed by atoms with E-state index in [1.165, 1.54) is 6.92 Å². The summed E-state index contributed by atoms with van der Waals surface area (Å²) in [5.41, 5.74) is -0.595. The van der Waals surface area contributed by atoms with Crippen molar-refractivity contribution in [1.82, 2.24) is 5.32 Å². The standard InChI is InChI=1S/C11H19NO4/c1-7(2)15-9(13)8(3)12-10(14)16-11(4,5)6/h8H,1H2,2-6H3,(H,12,14).